The molecule has 0 saturated carbocycles. The highest BCUT2D eigenvalue weighted by Gasteiger charge is 2.19. The van der Waals surface area contributed by atoms with Gasteiger partial charge in [-0.15, -0.1) is 0 Å². The number of hydrogen-bond acceptors (Lipinski definition) is 4. The van der Waals surface area contributed by atoms with Crippen LogP contribution < -0.4 is 0 Å². The van der Waals surface area contributed by atoms with Crippen molar-refractivity contribution in [2.75, 3.05) is 45.9 Å². The SMILES string of the molecule is Oc1ccccc1CCCN1CCN(CCOC(c2ccc(F)cc2)c2ccc(F)cc2)CC1. The fourth-order valence-electron chi connectivity index (χ4n) is 4.41. The number of aryl methyl sites for hydroxylation is 1. The van der Waals surface area contributed by atoms with Crippen LogP contribution >= 0.6 is 0 Å². The molecule has 0 bridgehead atoms. The molecule has 34 heavy (non-hydrogen) atoms. The van der Waals surface area contributed by atoms with E-state index in [1.54, 1.807) is 30.3 Å². The molecule has 6 heteroatoms. The first-order chi connectivity index (χ1) is 16.6. The summed E-state index contributed by atoms with van der Waals surface area (Å²) in [6.45, 7) is 6.36. The predicted octanol–water partition coefficient (Wildman–Crippen LogP) is 5.03. The maximum atomic E-state index is 13.4. The molecule has 3 aromatic rings. The van der Waals surface area contributed by atoms with Gasteiger partial charge in [-0.05, 0) is 66.4 Å². The molecule has 4 rings (SSSR count). The molecule has 0 radical (unpaired) electrons. The molecule has 1 aliphatic rings. The molecule has 180 valence electrons. The number of phenols is 1. The minimum Gasteiger partial charge on any atom is -0.508 e. The third-order valence-corrected chi connectivity index (χ3v) is 6.41. The van der Waals surface area contributed by atoms with E-state index in [2.05, 4.69) is 9.80 Å². The molecule has 1 saturated heterocycles. The zero-order valence-corrected chi connectivity index (χ0v) is 19.4. The maximum Gasteiger partial charge on any atom is 0.123 e. The van der Waals surface area contributed by atoms with Crippen molar-refractivity contribution >= 4 is 0 Å². The highest BCUT2D eigenvalue weighted by Crippen LogP contribution is 2.26. The van der Waals surface area contributed by atoms with Gasteiger partial charge < -0.3 is 14.7 Å². The smallest absolute Gasteiger partial charge is 0.123 e. The molecule has 0 aromatic heterocycles. The molecule has 1 aliphatic heterocycles. The van der Waals surface area contributed by atoms with Gasteiger partial charge in [-0.1, -0.05) is 42.5 Å². The molecule has 0 aliphatic carbocycles. The molecule has 3 aromatic carbocycles. The lowest BCUT2D eigenvalue weighted by molar-refractivity contribution is 0.0451. The average Bonchev–Trinajstić information content (AvgIpc) is 2.85. The average molecular weight is 467 g/mol. The Balaban J connectivity index is 1.22. The van der Waals surface area contributed by atoms with Gasteiger partial charge in [-0.25, -0.2) is 8.78 Å². The van der Waals surface area contributed by atoms with E-state index in [0.717, 1.165) is 68.8 Å². The fourth-order valence-corrected chi connectivity index (χ4v) is 4.41. The number of rotatable bonds is 10. The van der Waals surface area contributed by atoms with Crippen LogP contribution in [0.3, 0.4) is 0 Å². The van der Waals surface area contributed by atoms with Crippen molar-refractivity contribution in [3.05, 3.63) is 101 Å². The summed E-state index contributed by atoms with van der Waals surface area (Å²) < 4.78 is 33.0. The summed E-state index contributed by atoms with van der Waals surface area (Å²) >= 11 is 0. The van der Waals surface area contributed by atoms with Crippen LogP contribution in [0.1, 0.15) is 29.2 Å². The van der Waals surface area contributed by atoms with Gasteiger partial charge in [0.05, 0.1) is 6.61 Å². The molecule has 0 amide bonds. The largest absolute Gasteiger partial charge is 0.508 e. The summed E-state index contributed by atoms with van der Waals surface area (Å²) in [4.78, 5) is 4.86. The van der Waals surface area contributed by atoms with Crippen LogP contribution in [0, 0.1) is 11.6 Å². The van der Waals surface area contributed by atoms with Crippen molar-refractivity contribution in [2.24, 2.45) is 0 Å². The number of benzene rings is 3. The third kappa shape index (κ3) is 6.86. The van der Waals surface area contributed by atoms with Gasteiger partial charge in [-0.3, -0.25) is 4.90 Å². The van der Waals surface area contributed by atoms with Gasteiger partial charge >= 0.3 is 0 Å². The Kier molecular flexibility index (Phi) is 8.63. The van der Waals surface area contributed by atoms with Crippen molar-refractivity contribution in [3.63, 3.8) is 0 Å². The fraction of sp³-hybridized carbons (Fsp3) is 0.357. The molecule has 4 nitrogen and oxygen atoms in total. The topological polar surface area (TPSA) is 35.9 Å². The standard InChI is InChI=1S/C28H32F2N2O2/c29-25-11-7-23(8-12-25)28(24-9-13-26(30)14-10-24)34-21-20-32-18-16-31(17-19-32)15-3-5-22-4-1-2-6-27(22)33/h1-2,4,6-14,28,33H,3,5,15-21H2. The number of ether oxygens (including phenoxy) is 1. The number of halogens is 2. The first-order valence-electron chi connectivity index (χ1n) is 11.9. The zero-order valence-electron chi connectivity index (χ0n) is 19.4. The second-order valence-corrected chi connectivity index (χ2v) is 8.77. The number of piperazine rings is 1. The Morgan fingerprint density at radius 2 is 1.26 bits per heavy atom. The maximum absolute atomic E-state index is 13.4. The van der Waals surface area contributed by atoms with E-state index in [4.69, 9.17) is 4.74 Å². The quantitative estimate of drug-likeness (QED) is 0.455. The molecule has 1 fully saturated rings. The first-order valence-corrected chi connectivity index (χ1v) is 11.9. The Morgan fingerprint density at radius 1 is 0.735 bits per heavy atom. The van der Waals surface area contributed by atoms with Crippen LogP contribution in [0.5, 0.6) is 5.75 Å². The lowest BCUT2D eigenvalue weighted by atomic mass is 10.0. The molecule has 0 unspecified atom stereocenters. The Hall–Kier alpha value is -2.80. The number of phenolic OH excluding ortho intramolecular Hbond substituents is 1. The van der Waals surface area contributed by atoms with Crippen LogP contribution in [-0.2, 0) is 11.2 Å². The minimum absolute atomic E-state index is 0.292. The van der Waals surface area contributed by atoms with E-state index in [-0.39, 0.29) is 17.7 Å². The van der Waals surface area contributed by atoms with Gasteiger partial charge in [-0.2, -0.15) is 0 Å². The normalized spacial score (nSPS) is 15.1. The summed E-state index contributed by atoms with van der Waals surface area (Å²) in [5.41, 5.74) is 2.71. The zero-order chi connectivity index (χ0) is 23.8. The molecule has 1 N–H and O–H groups in total. The van der Waals surface area contributed by atoms with Gasteiger partial charge in [0.15, 0.2) is 0 Å². The van der Waals surface area contributed by atoms with E-state index in [9.17, 15) is 13.9 Å². The van der Waals surface area contributed by atoms with Crippen molar-refractivity contribution in [2.45, 2.75) is 18.9 Å². The number of hydrogen-bond donors (Lipinski definition) is 1. The molecular formula is C28H32F2N2O2. The highest BCUT2D eigenvalue weighted by atomic mass is 19.1. The molecule has 1 heterocycles. The number of nitrogens with zero attached hydrogens (tertiary/aromatic N) is 2. The number of aromatic hydroxyl groups is 1. The second-order valence-electron chi connectivity index (χ2n) is 8.77. The van der Waals surface area contributed by atoms with Crippen LogP contribution in [0.2, 0.25) is 0 Å². The second kappa shape index (κ2) is 12.1. The van der Waals surface area contributed by atoms with Gasteiger partial charge in [0.1, 0.15) is 23.5 Å². The van der Waals surface area contributed by atoms with Gasteiger partial charge in [0.25, 0.3) is 0 Å². The third-order valence-electron chi connectivity index (χ3n) is 6.41. The summed E-state index contributed by atoms with van der Waals surface area (Å²) in [5, 5.41) is 9.91. The summed E-state index contributed by atoms with van der Waals surface area (Å²) in [5.74, 6) is -0.202. The van der Waals surface area contributed by atoms with Gasteiger partial charge in [0.2, 0.25) is 0 Å². The Labute approximate surface area is 200 Å². The van der Waals surface area contributed by atoms with E-state index >= 15 is 0 Å². The van der Waals surface area contributed by atoms with Crippen LogP contribution in [0.25, 0.3) is 0 Å². The first kappa shape index (κ1) is 24.3. The van der Waals surface area contributed by atoms with Crippen molar-refractivity contribution in [1.29, 1.82) is 0 Å². The van der Waals surface area contributed by atoms with Crippen molar-refractivity contribution in [3.8, 4) is 5.75 Å². The molecule has 0 atom stereocenters. The molecular weight excluding hydrogens is 434 g/mol. The minimum atomic E-state index is -0.364. The van der Waals surface area contributed by atoms with Crippen molar-refractivity contribution < 1.29 is 18.6 Å². The predicted molar refractivity (Wildman–Crippen MR) is 130 cm³/mol. The monoisotopic (exact) mass is 466 g/mol. The molecule has 0 spiro atoms. The Bertz CT molecular complexity index is 974. The van der Waals surface area contributed by atoms with Crippen molar-refractivity contribution in [1.82, 2.24) is 9.80 Å². The lowest BCUT2D eigenvalue weighted by Gasteiger charge is -2.35. The lowest BCUT2D eigenvalue weighted by Crippen LogP contribution is -2.47. The van der Waals surface area contributed by atoms with E-state index < -0.39 is 0 Å². The highest BCUT2D eigenvalue weighted by molar-refractivity contribution is 5.32. The van der Waals surface area contributed by atoms with E-state index in [1.807, 2.05) is 18.2 Å². The summed E-state index contributed by atoms with van der Waals surface area (Å²) in [6, 6.07) is 20.1. The summed E-state index contributed by atoms with van der Waals surface area (Å²) in [7, 11) is 0. The van der Waals surface area contributed by atoms with Crippen LogP contribution in [-0.4, -0.2) is 60.8 Å². The van der Waals surface area contributed by atoms with Crippen LogP contribution in [0.4, 0.5) is 8.78 Å². The van der Waals surface area contributed by atoms with Gasteiger partial charge in [0, 0.05) is 32.7 Å². The van der Waals surface area contributed by atoms with Crippen LogP contribution in [0.15, 0.2) is 72.8 Å². The number of para-hydroxylation sites is 1. The van der Waals surface area contributed by atoms with E-state index in [1.165, 1.54) is 24.3 Å². The Morgan fingerprint density at radius 3 is 1.82 bits per heavy atom. The summed E-state index contributed by atoms with van der Waals surface area (Å²) in [6.07, 6.45) is 1.55. The van der Waals surface area contributed by atoms with E-state index in [0.29, 0.717) is 12.4 Å².